The van der Waals surface area contributed by atoms with Crippen molar-refractivity contribution in [3.8, 4) is 22.3 Å². The third kappa shape index (κ3) is 3.33. The number of fused-ring (bicyclic) bond motifs is 2. The minimum absolute atomic E-state index is 0. The summed E-state index contributed by atoms with van der Waals surface area (Å²) in [5.41, 5.74) is 5.09. The maximum absolute atomic E-state index is 2.33. The van der Waals surface area contributed by atoms with E-state index in [9.17, 15) is 0 Å². The van der Waals surface area contributed by atoms with Crippen molar-refractivity contribution in [3.63, 3.8) is 0 Å². The van der Waals surface area contributed by atoms with Crippen LogP contribution in [0.1, 0.15) is 0 Å². The molecule has 0 saturated heterocycles. The van der Waals surface area contributed by atoms with Crippen molar-refractivity contribution in [2.24, 2.45) is 0 Å². The third-order valence-corrected chi connectivity index (χ3v) is 5.03. The second-order valence-electron chi connectivity index (χ2n) is 6.64. The molecule has 0 fully saturated rings. The topological polar surface area (TPSA) is 0 Å². The van der Waals surface area contributed by atoms with Crippen LogP contribution in [0.2, 0.25) is 0 Å². The average molecular weight is 354 g/mol. The smallest absolute Gasteiger partial charge is 0.00266 e. The fourth-order valence-electron chi connectivity index (χ4n) is 3.79. The summed E-state index contributed by atoms with van der Waals surface area (Å²) < 4.78 is 0. The molecule has 1 heteroatoms. The van der Waals surface area contributed by atoms with Gasteiger partial charge in [-0.15, -0.1) is 0 Å². The van der Waals surface area contributed by atoms with Gasteiger partial charge in [0, 0.05) is 0 Å². The Kier molecular flexibility index (Phi) is 5.13. The molecule has 0 atom stereocenters. The molecule has 0 aliphatic carbocycles. The van der Waals surface area contributed by atoms with Crippen LogP contribution in [0.3, 0.4) is 0 Å². The van der Waals surface area contributed by atoms with Crippen LogP contribution in [0.4, 0.5) is 0 Å². The molecule has 0 nitrogen and oxygen atoms in total. The summed E-state index contributed by atoms with van der Waals surface area (Å²) in [6.07, 6.45) is 0. The summed E-state index contributed by atoms with van der Waals surface area (Å²) in [6, 6.07) is 39.1. The summed E-state index contributed by atoms with van der Waals surface area (Å²) >= 11 is 0. The molecule has 0 aromatic heterocycles. The molecule has 0 N–H and O–H groups in total. The maximum atomic E-state index is 2.33. The van der Waals surface area contributed by atoms with Gasteiger partial charge in [0.2, 0.25) is 0 Å². The Balaban J connectivity index is 0.00000180. The van der Waals surface area contributed by atoms with E-state index in [1.807, 2.05) is 0 Å². The monoisotopic (exact) mass is 354 g/mol. The van der Waals surface area contributed by atoms with E-state index in [1.54, 1.807) is 0 Å². The number of hydrogen-bond acceptors (Lipinski definition) is 0. The van der Waals surface area contributed by atoms with Crippen LogP contribution in [0.25, 0.3) is 43.8 Å². The molecule has 0 spiro atoms. The Morgan fingerprint density at radius 3 is 1.63 bits per heavy atom. The normalized spacial score (nSPS) is 10.7. The zero-order valence-electron chi connectivity index (χ0n) is 14.4. The Morgan fingerprint density at radius 2 is 0.963 bits per heavy atom. The van der Waals surface area contributed by atoms with Gasteiger partial charge >= 0.3 is 29.6 Å². The van der Waals surface area contributed by atoms with Gasteiger partial charge in [-0.2, -0.15) is 0 Å². The first kappa shape index (κ1) is 18.0. The van der Waals surface area contributed by atoms with Gasteiger partial charge in [0.05, 0.1) is 0 Å². The second-order valence-corrected chi connectivity index (χ2v) is 6.64. The van der Waals surface area contributed by atoms with Crippen LogP contribution in [-0.4, -0.2) is 29.6 Å². The molecule has 0 unspecified atom stereocenters. The van der Waals surface area contributed by atoms with Crippen molar-refractivity contribution in [3.05, 3.63) is 109 Å². The first-order valence-corrected chi connectivity index (χ1v) is 8.96. The summed E-state index contributed by atoms with van der Waals surface area (Å²) in [4.78, 5) is 0. The predicted molar refractivity (Wildman–Crippen MR) is 119 cm³/mol. The summed E-state index contributed by atoms with van der Waals surface area (Å²) in [5, 5.41) is 5.15. The van der Waals surface area contributed by atoms with Gasteiger partial charge in [0.25, 0.3) is 0 Å². The molecular weight excluding hydrogens is 335 g/mol. The zero-order valence-corrected chi connectivity index (χ0v) is 14.4. The molecule has 0 saturated carbocycles. The van der Waals surface area contributed by atoms with Gasteiger partial charge in [-0.25, -0.2) is 0 Å². The molecule has 0 amide bonds. The quantitative estimate of drug-likeness (QED) is 0.245. The van der Waals surface area contributed by atoms with Crippen molar-refractivity contribution in [1.29, 1.82) is 0 Å². The van der Waals surface area contributed by atoms with Crippen LogP contribution in [0.15, 0.2) is 109 Å². The largest absolute Gasteiger partial charge is 0.0622 e. The SMILES string of the molecule is [NaH].c1ccc(-c2ccc3cc4ccccc4cc3c2-c2ccccc2)cc1. The van der Waals surface area contributed by atoms with Crippen molar-refractivity contribution >= 4 is 51.1 Å². The molecule has 5 aromatic carbocycles. The van der Waals surface area contributed by atoms with E-state index in [2.05, 4.69) is 109 Å². The van der Waals surface area contributed by atoms with E-state index in [-0.39, 0.29) is 29.6 Å². The van der Waals surface area contributed by atoms with Crippen molar-refractivity contribution < 1.29 is 0 Å². The molecule has 5 aromatic rings. The molecular formula is C26H19Na. The first-order chi connectivity index (χ1) is 12.9. The molecule has 0 heterocycles. The van der Waals surface area contributed by atoms with E-state index in [0.29, 0.717) is 0 Å². The predicted octanol–water partition coefficient (Wildman–Crippen LogP) is 6.68. The summed E-state index contributed by atoms with van der Waals surface area (Å²) in [6.45, 7) is 0. The number of hydrogen-bond donors (Lipinski definition) is 0. The molecule has 27 heavy (non-hydrogen) atoms. The average Bonchev–Trinajstić information content (AvgIpc) is 2.72. The van der Waals surface area contributed by atoms with Crippen LogP contribution < -0.4 is 0 Å². The van der Waals surface area contributed by atoms with Gasteiger partial charge in [-0.05, 0) is 55.9 Å². The standard InChI is InChI=1S/C26H18.Na.H/c1-3-9-19(10-4-1)24-16-15-23-17-21-13-7-8-14-22(21)18-25(23)26(24)20-11-5-2-6-12-20;;/h1-18H;;. The Labute approximate surface area is 181 Å². The van der Waals surface area contributed by atoms with Crippen LogP contribution >= 0.6 is 0 Å². The van der Waals surface area contributed by atoms with Crippen LogP contribution in [-0.2, 0) is 0 Å². The van der Waals surface area contributed by atoms with Gasteiger partial charge in [-0.3, -0.25) is 0 Å². The molecule has 5 rings (SSSR count). The van der Waals surface area contributed by atoms with E-state index >= 15 is 0 Å². The van der Waals surface area contributed by atoms with Crippen molar-refractivity contribution in [1.82, 2.24) is 0 Å². The maximum Gasteiger partial charge on any atom is -0.00266 e. The van der Waals surface area contributed by atoms with E-state index < -0.39 is 0 Å². The molecule has 0 aliphatic rings. The summed E-state index contributed by atoms with van der Waals surface area (Å²) in [5.74, 6) is 0. The Morgan fingerprint density at radius 1 is 0.407 bits per heavy atom. The van der Waals surface area contributed by atoms with Crippen LogP contribution in [0, 0.1) is 0 Å². The molecule has 0 radical (unpaired) electrons. The third-order valence-electron chi connectivity index (χ3n) is 5.03. The minimum atomic E-state index is 0. The van der Waals surface area contributed by atoms with Crippen molar-refractivity contribution in [2.45, 2.75) is 0 Å². The van der Waals surface area contributed by atoms with Gasteiger partial charge < -0.3 is 0 Å². The second kappa shape index (κ2) is 7.70. The van der Waals surface area contributed by atoms with E-state index in [4.69, 9.17) is 0 Å². The van der Waals surface area contributed by atoms with Gasteiger partial charge in [0.1, 0.15) is 0 Å². The number of benzene rings is 5. The minimum Gasteiger partial charge on any atom is -0.0622 e. The fourth-order valence-corrected chi connectivity index (χ4v) is 3.79. The van der Waals surface area contributed by atoms with Crippen molar-refractivity contribution in [2.75, 3.05) is 0 Å². The van der Waals surface area contributed by atoms with E-state index in [0.717, 1.165) is 0 Å². The van der Waals surface area contributed by atoms with Gasteiger partial charge in [-0.1, -0.05) is 97.1 Å². The van der Waals surface area contributed by atoms with E-state index in [1.165, 1.54) is 43.8 Å². The molecule has 124 valence electrons. The number of rotatable bonds is 2. The molecule has 0 aliphatic heterocycles. The van der Waals surface area contributed by atoms with Crippen LogP contribution in [0.5, 0.6) is 0 Å². The fraction of sp³-hybridized carbons (Fsp3) is 0. The summed E-state index contributed by atoms with van der Waals surface area (Å²) in [7, 11) is 0. The Hall–Kier alpha value is -2.38. The van der Waals surface area contributed by atoms with Gasteiger partial charge in [0.15, 0.2) is 0 Å². The Bertz CT molecular complexity index is 1210. The zero-order chi connectivity index (χ0) is 17.3. The first-order valence-electron chi connectivity index (χ1n) is 8.96. The molecule has 0 bridgehead atoms.